The maximum absolute atomic E-state index is 12.1. The molecule has 0 aliphatic carbocycles. The molecule has 0 aromatic heterocycles. The summed E-state index contributed by atoms with van der Waals surface area (Å²) in [6, 6.07) is 5.23. The van der Waals surface area contributed by atoms with Crippen molar-refractivity contribution in [2.75, 3.05) is 18.9 Å². The fourth-order valence-electron chi connectivity index (χ4n) is 2.02. The Morgan fingerprint density at radius 2 is 1.76 bits per heavy atom. The number of nitrogens with zero attached hydrogens (tertiary/aromatic N) is 1. The molecule has 21 heavy (non-hydrogen) atoms. The first-order chi connectivity index (χ1) is 9.73. The lowest BCUT2D eigenvalue weighted by molar-refractivity contribution is -0.135. The van der Waals surface area contributed by atoms with Crippen LogP contribution in [0.1, 0.15) is 25.0 Å². The highest BCUT2D eigenvalue weighted by molar-refractivity contribution is 5.96. The van der Waals surface area contributed by atoms with Gasteiger partial charge in [0.2, 0.25) is 11.8 Å². The van der Waals surface area contributed by atoms with E-state index in [0.717, 1.165) is 16.8 Å². The molecule has 2 amide bonds. The standard InChI is InChI=1S/C16H25N3O2/c1-10(2)14(17)16(21)19(5)9-13(20)18-15-11(3)7-6-8-12(15)4/h6-8,10,14H,9,17H2,1-5H3,(H,18,20)/t14-/m0/s1. The predicted octanol–water partition coefficient (Wildman–Crippen LogP) is 1.68. The zero-order chi connectivity index (χ0) is 16.2. The molecular weight excluding hydrogens is 266 g/mol. The van der Waals surface area contributed by atoms with E-state index in [1.54, 1.807) is 7.05 Å². The van der Waals surface area contributed by atoms with Gasteiger partial charge in [-0.2, -0.15) is 0 Å². The third kappa shape index (κ3) is 4.56. The quantitative estimate of drug-likeness (QED) is 0.866. The van der Waals surface area contributed by atoms with Crippen molar-refractivity contribution in [2.24, 2.45) is 11.7 Å². The molecule has 1 atom stereocenters. The summed E-state index contributed by atoms with van der Waals surface area (Å²) in [5.41, 5.74) is 8.61. The van der Waals surface area contributed by atoms with Gasteiger partial charge in [-0.05, 0) is 30.9 Å². The van der Waals surface area contributed by atoms with Crippen LogP contribution in [0, 0.1) is 19.8 Å². The SMILES string of the molecule is Cc1cccc(C)c1NC(=O)CN(C)C(=O)[C@@H](N)C(C)C. The van der Waals surface area contributed by atoms with E-state index in [9.17, 15) is 9.59 Å². The van der Waals surface area contributed by atoms with Crippen molar-refractivity contribution in [1.82, 2.24) is 4.90 Å². The number of likely N-dealkylation sites (N-methyl/N-ethyl adjacent to an activating group) is 1. The largest absolute Gasteiger partial charge is 0.335 e. The number of hydrogen-bond acceptors (Lipinski definition) is 3. The second kappa shape index (κ2) is 7.22. The Morgan fingerprint density at radius 1 is 1.24 bits per heavy atom. The Labute approximate surface area is 126 Å². The summed E-state index contributed by atoms with van der Waals surface area (Å²) in [4.78, 5) is 25.5. The van der Waals surface area contributed by atoms with E-state index in [2.05, 4.69) is 5.32 Å². The second-order valence-electron chi connectivity index (χ2n) is 5.78. The molecule has 1 rings (SSSR count). The van der Waals surface area contributed by atoms with Crippen LogP contribution in [0.5, 0.6) is 0 Å². The van der Waals surface area contributed by atoms with Crippen LogP contribution in [-0.2, 0) is 9.59 Å². The number of nitrogens with one attached hydrogen (secondary N) is 1. The number of aryl methyl sites for hydroxylation is 2. The van der Waals surface area contributed by atoms with Gasteiger partial charge in [0.1, 0.15) is 0 Å². The Balaban J connectivity index is 2.68. The highest BCUT2D eigenvalue weighted by atomic mass is 16.2. The monoisotopic (exact) mass is 291 g/mol. The summed E-state index contributed by atoms with van der Waals surface area (Å²) < 4.78 is 0. The highest BCUT2D eigenvalue weighted by Crippen LogP contribution is 2.19. The first-order valence-corrected chi connectivity index (χ1v) is 7.10. The van der Waals surface area contributed by atoms with Crippen molar-refractivity contribution in [1.29, 1.82) is 0 Å². The Bertz CT molecular complexity index is 506. The average molecular weight is 291 g/mol. The molecule has 0 unspecified atom stereocenters. The molecule has 0 heterocycles. The van der Waals surface area contributed by atoms with Crippen LogP contribution in [0.4, 0.5) is 5.69 Å². The average Bonchev–Trinajstić information content (AvgIpc) is 2.41. The molecule has 0 aliphatic heterocycles. The molecule has 1 aromatic carbocycles. The van der Waals surface area contributed by atoms with Crippen LogP contribution in [0.25, 0.3) is 0 Å². The summed E-state index contributed by atoms with van der Waals surface area (Å²) in [7, 11) is 1.59. The summed E-state index contributed by atoms with van der Waals surface area (Å²) in [6.07, 6.45) is 0. The molecule has 0 fully saturated rings. The number of para-hydroxylation sites is 1. The molecule has 0 saturated carbocycles. The van der Waals surface area contributed by atoms with Crippen molar-refractivity contribution in [3.63, 3.8) is 0 Å². The van der Waals surface area contributed by atoms with E-state index < -0.39 is 6.04 Å². The highest BCUT2D eigenvalue weighted by Gasteiger charge is 2.22. The zero-order valence-electron chi connectivity index (χ0n) is 13.4. The summed E-state index contributed by atoms with van der Waals surface area (Å²) in [5, 5.41) is 2.86. The molecule has 0 saturated heterocycles. The number of nitrogens with two attached hydrogens (primary N) is 1. The van der Waals surface area contributed by atoms with Gasteiger partial charge in [-0.15, -0.1) is 0 Å². The number of anilines is 1. The number of hydrogen-bond donors (Lipinski definition) is 2. The summed E-state index contributed by atoms with van der Waals surface area (Å²) in [6.45, 7) is 7.63. The molecule has 0 bridgehead atoms. The van der Waals surface area contributed by atoms with Crippen molar-refractivity contribution < 1.29 is 9.59 Å². The lowest BCUT2D eigenvalue weighted by Crippen LogP contribution is -2.47. The van der Waals surface area contributed by atoms with Crippen LogP contribution in [0.3, 0.4) is 0 Å². The van der Waals surface area contributed by atoms with E-state index in [4.69, 9.17) is 5.73 Å². The number of rotatable bonds is 5. The number of benzene rings is 1. The van der Waals surface area contributed by atoms with Gasteiger partial charge in [-0.25, -0.2) is 0 Å². The van der Waals surface area contributed by atoms with E-state index in [1.807, 2.05) is 45.9 Å². The molecule has 3 N–H and O–H groups in total. The molecule has 0 aliphatic rings. The first kappa shape index (κ1) is 17.2. The third-order valence-electron chi connectivity index (χ3n) is 3.51. The van der Waals surface area contributed by atoms with Gasteiger partial charge < -0.3 is 16.0 Å². The lowest BCUT2D eigenvalue weighted by Gasteiger charge is -2.23. The number of carbonyl (C=O) groups excluding carboxylic acids is 2. The van der Waals surface area contributed by atoms with Crippen LogP contribution in [0.2, 0.25) is 0 Å². The molecular formula is C16H25N3O2. The van der Waals surface area contributed by atoms with Crippen molar-refractivity contribution in [3.05, 3.63) is 29.3 Å². The minimum absolute atomic E-state index is 0.00692. The van der Waals surface area contributed by atoms with E-state index >= 15 is 0 Å². The van der Waals surface area contributed by atoms with Crippen molar-refractivity contribution in [2.45, 2.75) is 33.7 Å². The molecule has 0 spiro atoms. The van der Waals surface area contributed by atoms with Gasteiger partial charge >= 0.3 is 0 Å². The van der Waals surface area contributed by atoms with Crippen LogP contribution in [0.15, 0.2) is 18.2 Å². The first-order valence-electron chi connectivity index (χ1n) is 7.10. The molecule has 0 radical (unpaired) electrons. The summed E-state index contributed by atoms with van der Waals surface area (Å²) in [5.74, 6) is -0.400. The smallest absolute Gasteiger partial charge is 0.243 e. The Hall–Kier alpha value is -1.88. The van der Waals surface area contributed by atoms with Crippen molar-refractivity contribution in [3.8, 4) is 0 Å². The zero-order valence-corrected chi connectivity index (χ0v) is 13.4. The maximum Gasteiger partial charge on any atom is 0.243 e. The summed E-state index contributed by atoms with van der Waals surface area (Å²) >= 11 is 0. The predicted molar refractivity (Wildman–Crippen MR) is 85.0 cm³/mol. The van der Waals surface area contributed by atoms with Crippen LogP contribution < -0.4 is 11.1 Å². The minimum atomic E-state index is -0.581. The molecule has 5 heteroatoms. The topological polar surface area (TPSA) is 75.4 Å². The number of amides is 2. The molecule has 116 valence electrons. The Kier molecular flexibility index (Phi) is 5.90. The van der Waals surface area contributed by atoms with E-state index in [1.165, 1.54) is 4.90 Å². The normalized spacial score (nSPS) is 12.1. The molecule has 5 nitrogen and oxygen atoms in total. The fraction of sp³-hybridized carbons (Fsp3) is 0.500. The lowest BCUT2D eigenvalue weighted by atomic mass is 10.0. The van der Waals surface area contributed by atoms with Gasteiger partial charge in [-0.3, -0.25) is 9.59 Å². The number of carbonyl (C=O) groups is 2. The van der Waals surface area contributed by atoms with Crippen molar-refractivity contribution >= 4 is 17.5 Å². The van der Waals surface area contributed by atoms with Gasteiger partial charge in [0.05, 0.1) is 12.6 Å². The third-order valence-corrected chi connectivity index (χ3v) is 3.51. The minimum Gasteiger partial charge on any atom is -0.335 e. The van der Waals surface area contributed by atoms with Gasteiger partial charge in [0.25, 0.3) is 0 Å². The fourth-order valence-corrected chi connectivity index (χ4v) is 2.02. The van der Waals surface area contributed by atoms with Crippen LogP contribution in [-0.4, -0.2) is 36.3 Å². The van der Waals surface area contributed by atoms with Crippen LogP contribution >= 0.6 is 0 Å². The van der Waals surface area contributed by atoms with Gasteiger partial charge in [-0.1, -0.05) is 32.0 Å². The molecule has 1 aromatic rings. The second-order valence-corrected chi connectivity index (χ2v) is 5.78. The van der Waals surface area contributed by atoms with Gasteiger partial charge in [0, 0.05) is 12.7 Å². The van der Waals surface area contributed by atoms with E-state index in [0.29, 0.717) is 0 Å². The Morgan fingerprint density at radius 3 is 2.24 bits per heavy atom. The maximum atomic E-state index is 12.1. The van der Waals surface area contributed by atoms with E-state index in [-0.39, 0.29) is 24.3 Å². The van der Waals surface area contributed by atoms with Gasteiger partial charge in [0.15, 0.2) is 0 Å².